The molecule has 0 bridgehead atoms. The summed E-state index contributed by atoms with van der Waals surface area (Å²) in [7, 11) is 0. The number of pyridine rings is 1. The number of amides is 1. The topological polar surface area (TPSA) is 59.8 Å². The van der Waals surface area contributed by atoms with Crippen molar-refractivity contribution in [2.24, 2.45) is 0 Å². The number of carbonyl (C=O) groups is 1. The number of hydrogen-bond acceptors (Lipinski definition) is 3. The zero-order chi connectivity index (χ0) is 18.7. The number of rotatable bonds is 6. The summed E-state index contributed by atoms with van der Waals surface area (Å²) in [6.07, 6.45) is 2.56. The van der Waals surface area contributed by atoms with Gasteiger partial charge in [0.15, 0.2) is 5.65 Å². The number of nitrogens with zero attached hydrogens (tertiary/aromatic N) is 3. The SMILES string of the molecule is CC(C)c1cc(C(=O)NCCc2ccccc2)c2cnn(C(C)C)c2n1. The molecule has 0 aliphatic rings. The summed E-state index contributed by atoms with van der Waals surface area (Å²) in [5.74, 6) is 0.171. The molecule has 0 fully saturated rings. The lowest BCUT2D eigenvalue weighted by Crippen LogP contribution is -2.26. The van der Waals surface area contributed by atoms with Crippen LogP contribution in [0, 0.1) is 0 Å². The molecular weight excluding hydrogens is 324 g/mol. The van der Waals surface area contributed by atoms with Crippen LogP contribution in [0.5, 0.6) is 0 Å². The third kappa shape index (κ3) is 3.77. The molecule has 26 heavy (non-hydrogen) atoms. The fourth-order valence-electron chi connectivity index (χ4n) is 2.96. The normalized spacial score (nSPS) is 11.5. The molecule has 1 aromatic carbocycles. The maximum atomic E-state index is 12.8. The van der Waals surface area contributed by atoms with Crippen molar-refractivity contribution in [1.82, 2.24) is 20.1 Å². The van der Waals surface area contributed by atoms with Crippen LogP contribution < -0.4 is 5.32 Å². The van der Waals surface area contributed by atoms with Gasteiger partial charge < -0.3 is 5.32 Å². The number of nitrogens with one attached hydrogen (secondary N) is 1. The zero-order valence-electron chi connectivity index (χ0n) is 15.9. The van der Waals surface area contributed by atoms with E-state index in [1.807, 2.05) is 28.9 Å². The third-order valence-electron chi connectivity index (χ3n) is 4.45. The molecule has 0 aliphatic heterocycles. The summed E-state index contributed by atoms with van der Waals surface area (Å²) in [6, 6.07) is 12.3. The Morgan fingerprint density at radius 2 is 1.88 bits per heavy atom. The lowest BCUT2D eigenvalue weighted by molar-refractivity contribution is 0.0955. The van der Waals surface area contributed by atoms with Gasteiger partial charge in [0.05, 0.1) is 17.1 Å². The molecule has 0 saturated heterocycles. The van der Waals surface area contributed by atoms with Gasteiger partial charge in [-0.05, 0) is 37.8 Å². The van der Waals surface area contributed by atoms with Crippen LogP contribution in [0.15, 0.2) is 42.6 Å². The maximum absolute atomic E-state index is 12.8. The predicted octanol–water partition coefficient (Wildman–Crippen LogP) is 4.11. The quantitative estimate of drug-likeness (QED) is 0.728. The number of hydrogen-bond donors (Lipinski definition) is 1. The van der Waals surface area contributed by atoms with Crippen LogP contribution in [-0.4, -0.2) is 27.2 Å². The molecule has 0 spiro atoms. The molecule has 0 atom stereocenters. The first-order chi connectivity index (χ1) is 12.5. The second kappa shape index (κ2) is 7.68. The van der Waals surface area contributed by atoms with E-state index in [-0.39, 0.29) is 17.9 Å². The fourth-order valence-corrected chi connectivity index (χ4v) is 2.96. The van der Waals surface area contributed by atoms with Gasteiger partial charge in [-0.3, -0.25) is 4.79 Å². The van der Waals surface area contributed by atoms with Crippen LogP contribution in [-0.2, 0) is 6.42 Å². The first-order valence-electron chi connectivity index (χ1n) is 9.17. The van der Waals surface area contributed by atoms with E-state index in [1.165, 1.54) is 5.56 Å². The minimum absolute atomic E-state index is 0.0708. The van der Waals surface area contributed by atoms with Crippen LogP contribution >= 0.6 is 0 Å². The molecule has 5 heteroatoms. The van der Waals surface area contributed by atoms with Gasteiger partial charge in [-0.15, -0.1) is 0 Å². The van der Waals surface area contributed by atoms with E-state index in [9.17, 15) is 4.79 Å². The van der Waals surface area contributed by atoms with Gasteiger partial charge >= 0.3 is 0 Å². The van der Waals surface area contributed by atoms with E-state index in [4.69, 9.17) is 4.98 Å². The number of carbonyl (C=O) groups excluding carboxylic acids is 1. The van der Waals surface area contributed by atoms with Gasteiger partial charge in [0.25, 0.3) is 5.91 Å². The van der Waals surface area contributed by atoms with E-state index in [0.29, 0.717) is 12.1 Å². The van der Waals surface area contributed by atoms with E-state index >= 15 is 0 Å². The smallest absolute Gasteiger partial charge is 0.252 e. The van der Waals surface area contributed by atoms with Crippen LogP contribution in [0.4, 0.5) is 0 Å². The second-order valence-electron chi connectivity index (χ2n) is 7.16. The van der Waals surface area contributed by atoms with Gasteiger partial charge in [-0.25, -0.2) is 9.67 Å². The van der Waals surface area contributed by atoms with E-state index in [0.717, 1.165) is 23.1 Å². The summed E-state index contributed by atoms with van der Waals surface area (Å²) in [6.45, 7) is 8.90. The molecule has 2 aromatic heterocycles. The molecule has 136 valence electrons. The van der Waals surface area contributed by atoms with Gasteiger partial charge in [0.1, 0.15) is 0 Å². The second-order valence-corrected chi connectivity index (χ2v) is 7.16. The summed E-state index contributed by atoms with van der Waals surface area (Å²) in [4.78, 5) is 17.6. The summed E-state index contributed by atoms with van der Waals surface area (Å²) >= 11 is 0. The van der Waals surface area contributed by atoms with E-state index in [1.54, 1.807) is 6.20 Å². The van der Waals surface area contributed by atoms with E-state index in [2.05, 4.69) is 50.2 Å². The van der Waals surface area contributed by atoms with Gasteiger partial charge in [0, 0.05) is 18.3 Å². The predicted molar refractivity (Wildman–Crippen MR) is 104 cm³/mol. The Bertz CT molecular complexity index is 897. The van der Waals surface area contributed by atoms with Gasteiger partial charge in [-0.1, -0.05) is 44.2 Å². The number of benzene rings is 1. The lowest BCUT2D eigenvalue weighted by Gasteiger charge is -2.12. The van der Waals surface area contributed by atoms with Crippen molar-refractivity contribution in [3.8, 4) is 0 Å². The van der Waals surface area contributed by atoms with Crippen molar-refractivity contribution >= 4 is 16.9 Å². The lowest BCUT2D eigenvalue weighted by atomic mass is 10.0. The van der Waals surface area contributed by atoms with Crippen molar-refractivity contribution in [2.75, 3.05) is 6.54 Å². The van der Waals surface area contributed by atoms with E-state index < -0.39 is 0 Å². The van der Waals surface area contributed by atoms with Crippen molar-refractivity contribution < 1.29 is 4.79 Å². The van der Waals surface area contributed by atoms with Crippen LogP contribution in [0.3, 0.4) is 0 Å². The molecule has 3 rings (SSSR count). The monoisotopic (exact) mass is 350 g/mol. The molecule has 0 aliphatic carbocycles. The molecular formula is C21H26N4O. The molecule has 1 amide bonds. The largest absolute Gasteiger partial charge is 0.352 e. The number of fused-ring (bicyclic) bond motifs is 1. The Morgan fingerprint density at radius 3 is 2.54 bits per heavy atom. The Labute approximate surface area is 154 Å². The first-order valence-corrected chi connectivity index (χ1v) is 9.17. The Balaban J connectivity index is 1.86. The van der Waals surface area contributed by atoms with Crippen LogP contribution in [0.25, 0.3) is 11.0 Å². The Hall–Kier alpha value is -2.69. The average molecular weight is 350 g/mol. The highest BCUT2D eigenvalue weighted by atomic mass is 16.1. The third-order valence-corrected chi connectivity index (χ3v) is 4.45. The average Bonchev–Trinajstić information content (AvgIpc) is 3.05. The Kier molecular flexibility index (Phi) is 5.35. The maximum Gasteiger partial charge on any atom is 0.252 e. The molecule has 1 N–H and O–H groups in total. The van der Waals surface area contributed by atoms with Gasteiger partial charge in [-0.2, -0.15) is 5.10 Å². The van der Waals surface area contributed by atoms with Gasteiger partial charge in [0.2, 0.25) is 0 Å². The van der Waals surface area contributed by atoms with Crippen molar-refractivity contribution in [3.05, 3.63) is 59.4 Å². The minimum Gasteiger partial charge on any atom is -0.352 e. The molecule has 0 unspecified atom stereocenters. The molecule has 3 aromatic rings. The molecule has 2 heterocycles. The Morgan fingerprint density at radius 1 is 1.15 bits per heavy atom. The van der Waals surface area contributed by atoms with Crippen LogP contribution in [0.1, 0.15) is 61.3 Å². The zero-order valence-corrected chi connectivity index (χ0v) is 15.9. The molecule has 0 saturated carbocycles. The van der Waals surface area contributed by atoms with Crippen molar-refractivity contribution in [3.63, 3.8) is 0 Å². The van der Waals surface area contributed by atoms with Crippen molar-refractivity contribution in [2.45, 2.75) is 46.1 Å². The summed E-state index contributed by atoms with van der Waals surface area (Å²) in [5, 5.41) is 8.29. The summed E-state index contributed by atoms with van der Waals surface area (Å²) < 4.78 is 1.88. The summed E-state index contributed by atoms with van der Waals surface area (Å²) in [5.41, 5.74) is 3.55. The van der Waals surface area contributed by atoms with Crippen molar-refractivity contribution in [1.29, 1.82) is 0 Å². The van der Waals surface area contributed by atoms with Crippen LogP contribution in [0.2, 0.25) is 0 Å². The fraction of sp³-hybridized carbons (Fsp3) is 0.381. The number of aromatic nitrogens is 3. The highest BCUT2D eigenvalue weighted by Crippen LogP contribution is 2.24. The molecule has 0 radical (unpaired) electrons. The first kappa shape index (κ1) is 18.1. The highest BCUT2D eigenvalue weighted by Gasteiger charge is 2.18. The molecule has 5 nitrogen and oxygen atoms in total. The highest BCUT2D eigenvalue weighted by molar-refractivity contribution is 6.05. The minimum atomic E-state index is -0.0708. The standard InChI is InChI=1S/C21H26N4O/c1-14(2)19-12-17(18-13-23-25(15(3)4)20(18)24-19)21(26)22-11-10-16-8-6-5-7-9-16/h5-9,12-15H,10-11H2,1-4H3,(H,22,26).